The lowest BCUT2D eigenvalue weighted by Gasteiger charge is -2.19. The Morgan fingerprint density at radius 1 is 1.26 bits per heavy atom. The van der Waals surface area contributed by atoms with Crippen LogP contribution in [0.25, 0.3) is 11.0 Å². The molecule has 0 bridgehead atoms. The van der Waals surface area contributed by atoms with Gasteiger partial charge in [0.15, 0.2) is 0 Å². The number of fused-ring (bicyclic) bond motifs is 1. The van der Waals surface area contributed by atoms with E-state index < -0.39 is 0 Å². The van der Waals surface area contributed by atoms with Crippen molar-refractivity contribution in [2.24, 2.45) is 5.73 Å². The summed E-state index contributed by atoms with van der Waals surface area (Å²) in [4.78, 5) is 0. The van der Waals surface area contributed by atoms with E-state index in [-0.39, 0.29) is 5.41 Å². The molecule has 1 heterocycles. The SMILES string of the molecule is CC(C)c1cc(Br)cc2c(C(C)(C)C)c(CN)oc12. The fourth-order valence-corrected chi connectivity index (χ4v) is 3.11. The maximum Gasteiger partial charge on any atom is 0.138 e. The molecule has 0 aliphatic rings. The van der Waals surface area contributed by atoms with Gasteiger partial charge in [-0.1, -0.05) is 50.5 Å². The summed E-state index contributed by atoms with van der Waals surface area (Å²) in [6, 6.07) is 4.29. The lowest BCUT2D eigenvalue weighted by atomic mass is 9.84. The third-order valence-electron chi connectivity index (χ3n) is 3.41. The van der Waals surface area contributed by atoms with Crippen LogP contribution in [0.5, 0.6) is 0 Å². The molecule has 19 heavy (non-hydrogen) atoms. The van der Waals surface area contributed by atoms with Crippen LogP contribution in [0, 0.1) is 0 Å². The first-order valence-corrected chi connectivity index (χ1v) is 7.50. The average molecular weight is 324 g/mol. The van der Waals surface area contributed by atoms with Crippen molar-refractivity contribution in [2.75, 3.05) is 0 Å². The number of benzene rings is 1. The van der Waals surface area contributed by atoms with E-state index in [9.17, 15) is 0 Å². The van der Waals surface area contributed by atoms with Gasteiger partial charge in [-0.25, -0.2) is 0 Å². The normalized spacial score (nSPS) is 12.6. The molecule has 2 rings (SSSR count). The van der Waals surface area contributed by atoms with Gasteiger partial charge in [-0.05, 0) is 29.0 Å². The van der Waals surface area contributed by atoms with E-state index in [2.05, 4.69) is 62.7 Å². The van der Waals surface area contributed by atoms with Crippen LogP contribution < -0.4 is 5.73 Å². The van der Waals surface area contributed by atoms with Gasteiger partial charge in [0, 0.05) is 15.4 Å². The van der Waals surface area contributed by atoms with E-state index >= 15 is 0 Å². The fourth-order valence-electron chi connectivity index (χ4n) is 2.63. The van der Waals surface area contributed by atoms with Crippen LogP contribution in [0.1, 0.15) is 57.4 Å². The van der Waals surface area contributed by atoms with Crippen LogP contribution in [0.15, 0.2) is 21.0 Å². The highest BCUT2D eigenvalue weighted by Crippen LogP contribution is 2.40. The van der Waals surface area contributed by atoms with Crippen molar-refractivity contribution in [2.45, 2.75) is 52.5 Å². The predicted molar refractivity (Wildman–Crippen MR) is 84.6 cm³/mol. The molecular formula is C16H22BrNO. The molecule has 0 fully saturated rings. The maximum absolute atomic E-state index is 6.08. The molecule has 3 heteroatoms. The van der Waals surface area contributed by atoms with Gasteiger partial charge in [-0.2, -0.15) is 0 Å². The molecule has 0 aliphatic heterocycles. The molecular weight excluding hydrogens is 302 g/mol. The zero-order valence-electron chi connectivity index (χ0n) is 12.3. The number of rotatable bonds is 2. The molecule has 0 saturated heterocycles. The maximum atomic E-state index is 6.08. The summed E-state index contributed by atoms with van der Waals surface area (Å²) in [5, 5.41) is 1.19. The van der Waals surface area contributed by atoms with E-state index in [1.807, 2.05) is 0 Å². The Bertz CT molecular complexity index is 605. The standard InChI is InChI=1S/C16H22BrNO/c1-9(2)11-6-10(17)7-12-14(16(3,4)5)13(8-18)19-15(11)12/h6-7,9H,8,18H2,1-5H3. The van der Waals surface area contributed by atoms with E-state index in [0.717, 1.165) is 15.8 Å². The van der Waals surface area contributed by atoms with Crippen LogP contribution in [-0.4, -0.2) is 0 Å². The third kappa shape index (κ3) is 2.59. The van der Waals surface area contributed by atoms with E-state index in [1.165, 1.54) is 16.5 Å². The molecule has 2 nitrogen and oxygen atoms in total. The van der Waals surface area contributed by atoms with Gasteiger partial charge < -0.3 is 10.2 Å². The molecule has 0 spiro atoms. The van der Waals surface area contributed by atoms with Crippen molar-refractivity contribution in [3.8, 4) is 0 Å². The minimum Gasteiger partial charge on any atom is -0.459 e. The summed E-state index contributed by atoms with van der Waals surface area (Å²) >= 11 is 3.61. The third-order valence-corrected chi connectivity index (χ3v) is 3.87. The van der Waals surface area contributed by atoms with E-state index in [1.54, 1.807) is 0 Å². The van der Waals surface area contributed by atoms with E-state index in [0.29, 0.717) is 12.5 Å². The molecule has 0 radical (unpaired) electrons. The smallest absolute Gasteiger partial charge is 0.138 e. The molecule has 1 aromatic carbocycles. The molecule has 104 valence electrons. The van der Waals surface area contributed by atoms with Crippen LogP contribution >= 0.6 is 15.9 Å². The predicted octanol–water partition coefficient (Wildman–Crippen LogP) is 5.07. The minimum absolute atomic E-state index is 0.0228. The highest BCUT2D eigenvalue weighted by Gasteiger charge is 2.26. The second kappa shape index (κ2) is 4.95. The monoisotopic (exact) mass is 323 g/mol. The second-order valence-corrected chi connectivity index (χ2v) is 7.30. The number of halogens is 1. The first-order chi connectivity index (χ1) is 8.75. The Morgan fingerprint density at radius 3 is 2.37 bits per heavy atom. The Hall–Kier alpha value is -0.800. The molecule has 0 saturated carbocycles. The topological polar surface area (TPSA) is 39.2 Å². The number of hydrogen-bond acceptors (Lipinski definition) is 2. The zero-order valence-corrected chi connectivity index (χ0v) is 13.9. The van der Waals surface area contributed by atoms with Gasteiger partial charge in [-0.15, -0.1) is 0 Å². The van der Waals surface area contributed by atoms with Gasteiger partial charge in [0.05, 0.1) is 6.54 Å². The van der Waals surface area contributed by atoms with Crippen LogP contribution in [-0.2, 0) is 12.0 Å². The summed E-state index contributed by atoms with van der Waals surface area (Å²) < 4.78 is 7.17. The average Bonchev–Trinajstić information content (AvgIpc) is 2.65. The zero-order chi connectivity index (χ0) is 14.4. The van der Waals surface area contributed by atoms with E-state index in [4.69, 9.17) is 10.2 Å². The molecule has 0 unspecified atom stereocenters. The molecule has 0 aliphatic carbocycles. The van der Waals surface area contributed by atoms with Gasteiger partial charge in [0.1, 0.15) is 11.3 Å². The Labute approximate surface area is 123 Å². The number of hydrogen-bond donors (Lipinski definition) is 1. The molecule has 0 amide bonds. The summed E-state index contributed by atoms with van der Waals surface area (Å²) in [7, 11) is 0. The second-order valence-electron chi connectivity index (χ2n) is 6.38. The van der Waals surface area contributed by atoms with Crippen molar-refractivity contribution in [3.05, 3.63) is 33.5 Å². The first kappa shape index (κ1) is 14.6. The largest absolute Gasteiger partial charge is 0.459 e. The highest BCUT2D eigenvalue weighted by atomic mass is 79.9. The van der Waals surface area contributed by atoms with Crippen LogP contribution in [0.3, 0.4) is 0 Å². The lowest BCUT2D eigenvalue weighted by molar-refractivity contribution is 0.508. The van der Waals surface area contributed by atoms with Crippen molar-refractivity contribution in [3.63, 3.8) is 0 Å². The van der Waals surface area contributed by atoms with Crippen molar-refractivity contribution in [1.29, 1.82) is 0 Å². The minimum atomic E-state index is 0.0228. The van der Waals surface area contributed by atoms with Gasteiger partial charge >= 0.3 is 0 Å². The summed E-state index contributed by atoms with van der Waals surface area (Å²) in [6.45, 7) is 11.4. The first-order valence-electron chi connectivity index (χ1n) is 6.71. The summed E-state index contributed by atoms with van der Waals surface area (Å²) in [6.07, 6.45) is 0. The lowest BCUT2D eigenvalue weighted by Crippen LogP contribution is -2.14. The van der Waals surface area contributed by atoms with Gasteiger partial charge in [0.25, 0.3) is 0 Å². The van der Waals surface area contributed by atoms with Crippen LogP contribution in [0.4, 0.5) is 0 Å². The quantitative estimate of drug-likeness (QED) is 0.837. The summed E-state index contributed by atoms with van der Waals surface area (Å²) in [5.74, 6) is 1.33. The molecule has 1 aromatic heterocycles. The van der Waals surface area contributed by atoms with Crippen molar-refractivity contribution < 1.29 is 4.42 Å². The summed E-state index contributed by atoms with van der Waals surface area (Å²) in [5.41, 5.74) is 9.34. The van der Waals surface area contributed by atoms with Gasteiger partial charge in [0.2, 0.25) is 0 Å². The fraction of sp³-hybridized carbons (Fsp3) is 0.500. The van der Waals surface area contributed by atoms with Crippen molar-refractivity contribution >= 4 is 26.9 Å². The molecule has 2 aromatic rings. The van der Waals surface area contributed by atoms with Crippen molar-refractivity contribution in [1.82, 2.24) is 0 Å². The Morgan fingerprint density at radius 2 is 1.89 bits per heavy atom. The molecule has 0 atom stereocenters. The van der Waals surface area contributed by atoms with Gasteiger partial charge in [-0.3, -0.25) is 0 Å². The Balaban J connectivity index is 2.89. The number of nitrogens with two attached hydrogens (primary N) is 1. The Kier molecular flexibility index (Phi) is 3.80. The number of furan rings is 1. The molecule has 2 N–H and O–H groups in total. The highest BCUT2D eigenvalue weighted by molar-refractivity contribution is 9.10. The van der Waals surface area contributed by atoms with Crippen LogP contribution in [0.2, 0.25) is 0 Å².